The summed E-state index contributed by atoms with van der Waals surface area (Å²) in [6.07, 6.45) is 1.30. The third kappa shape index (κ3) is 4.79. The van der Waals surface area contributed by atoms with Gasteiger partial charge in [-0.15, -0.1) is 21.5 Å². The largest absolute Gasteiger partial charge is 0.421 e. The van der Waals surface area contributed by atoms with Crippen LogP contribution < -0.4 is 10.9 Å². The Labute approximate surface area is 160 Å². The van der Waals surface area contributed by atoms with Gasteiger partial charge in [0.1, 0.15) is 0 Å². The fourth-order valence-corrected chi connectivity index (χ4v) is 3.51. The molecule has 27 heavy (non-hydrogen) atoms. The van der Waals surface area contributed by atoms with E-state index in [0.29, 0.717) is 23.1 Å². The number of aryl methyl sites for hydroxylation is 3. The minimum atomic E-state index is -0.327. The highest BCUT2D eigenvalue weighted by atomic mass is 32.1. The number of aromatic nitrogens is 2. The average molecular weight is 384 g/mol. The molecule has 3 rings (SSSR count). The van der Waals surface area contributed by atoms with Crippen molar-refractivity contribution in [2.45, 2.75) is 33.1 Å². The normalized spacial score (nSPS) is 10.6. The van der Waals surface area contributed by atoms with Crippen molar-refractivity contribution in [3.05, 3.63) is 57.6 Å². The SMILES string of the molecule is CCc1sc(C(=O)NNC(=O)CCc2nnc(-c3ccccc3)o2)cc1C. The van der Waals surface area contributed by atoms with Crippen molar-refractivity contribution >= 4 is 23.2 Å². The van der Waals surface area contributed by atoms with Gasteiger partial charge in [-0.1, -0.05) is 25.1 Å². The monoisotopic (exact) mass is 384 g/mol. The van der Waals surface area contributed by atoms with Gasteiger partial charge in [0.25, 0.3) is 5.91 Å². The standard InChI is InChI=1S/C19H20N4O3S/c1-3-14-12(2)11-15(27-14)18(25)22-20-16(24)9-10-17-21-23-19(26-17)13-7-5-4-6-8-13/h4-8,11H,3,9-10H2,1-2H3,(H,20,24)(H,22,25). The molecule has 0 fully saturated rings. The molecule has 0 spiro atoms. The predicted octanol–water partition coefficient (Wildman–Crippen LogP) is 3.06. The van der Waals surface area contributed by atoms with E-state index in [2.05, 4.69) is 21.0 Å². The van der Waals surface area contributed by atoms with Gasteiger partial charge in [-0.25, -0.2) is 0 Å². The zero-order valence-electron chi connectivity index (χ0n) is 15.1. The molecule has 0 aliphatic rings. The van der Waals surface area contributed by atoms with E-state index in [4.69, 9.17) is 4.42 Å². The number of hydrazine groups is 1. The Hall–Kier alpha value is -3.00. The molecule has 3 aromatic rings. The number of carbonyl (C=O) groups excluding carboxylic acids is 2. The summed E-state index contributed by atoms with van der Waals surface area (Å²) < 4.78 is 5.56. The van der Waals surface area contributed by atoms with Crippen LogP contribution in [0, 0.1) is 6.92 Å². The Morgan fingerprint density at radius 3 is 2.63 bits per heavy atom. The second-order valence-corrected chi connectivity index (χ2v) is 7.08. The van der Waals surface area contributed by atoms with Gasteiger partial charge in [-0.05, 0) is 37.1 Å². The molecule has 0 radical (unpaired) electrons. The van der Waals surface area contributed by atoms with Crippen molar-refractivity contribution in [2.75, 3.05) is 0 Å². The van der Waals surface area contributed by atoms with E-state index in [9.17, 15) is 9.59 Å². The van der Waals surface area contributed by atoms with E-state index in [0.717, 1.165) is 22.4 Å². The van der Waals surface area contributed by atoms with Crippen molar-refractivity contribution in [3.8, 4) is 11.5 Å². The Balaban J connectivity index is 1.47. The van der Waals surface area contributed by atoms with Crippen LogP contribution in [0.25, 0.3) is 11.5 Å². The molecule has 0 unspecified atom stereocenters. The second-order valence-electron chi connectivity index (χ2n) is 5.94. The van der Waals surface area contributed by atoms with Crippen molar-refractivity contribution in [3.63, 3.8) is 0 Å². The van der Waals surface area contributed by atoms with Crippen molar-refractivity contribution in [2.24, 2.45) is 0 Å². The number of benzene rings is 1. The van der Waals surface area contributed by atoms with Crippen LogP contribution in [0.15, 0.2) is 40.8 Å². The Bertz CT molecular complexity index is 934. The van der Waals surface area contributed by atoms with Crippen LogP contribution >= 0.6 is 11.3 Å². The molecule has 2 heterocycles. The summed E-state index contributed by atoms with van der Waals surface area (Å²) in [5, 5.41) is 7.93. The Morgan fingerprint density at radius 2 is 1.93 bits per heavy atom. The summed E-state index contributed by atoms with van der Waals surface area (Å²) in [4.78, 5) is 25.8. The number of carbonyl (C=O) groups is 2. The summed E-state index contributed by atoms with van der Waals surface area (Å²) in [6.45, 7) is 4.02. The maximum Gasteiger partial charge on any atom is 0.279 e. The second kappa shape index (κ2) is 8.59. The van der Waals surface area contributed by atoms with E-state index in [1.54, 1.807) is 0 Å². The molecular weight excluding hydrogens is 364 g/mol. The molecule has 0 aliphatic carbocycles. The van der Waals surface area contributed by atoms with Crippen LogP contribution in [0.1, 0.15) is 39.3 Å². The Kier molecular flexibility index (Phi) is 5.97. The number of nitrogens with one attached hydrogen (secondary N) is 2. The summed E-state index contributed by atoms with van der Waals surface area (Å²) in [5.41, 5.74) is 6.76. The quantitative estimate of drug-likeness (QED) is 0.637. The average Bonchev–Trinajstić information content (AvgIpc) is 3.31. The van der Waals surface area contributed by atoms with Crippen LogP contribution in [0.4, 0.5) is 0 Å². The third-order valence-electron chi connectivity index (χ3n) is 3.93. The van der Waals surface area contributed by atoms with Crippen LogP contribution in [0.5, 0.6) is 0 Å². The first-order valence-corrected chi connectivity index (χ1v) is 9.44. The zero-order valence-corrected chi connectivity index (χ0v) is 15.9. The van der Waals surface area contributed by atoms with Crippen molar-refractivity contribution in [1.29, 1.82) is 0 Å². The first-order valence-electron chi connectivity index (χ1n) is 8.63. The van der Waals surface area contributed by atoms with E-state index in [1.807, 2.05) is 50.2 Å². The van der Waals surface area contributed by atoms with Gasteiger partial charge in [0.2, 0.25) is 17.7 Å². The number of hydrogen-bond donors (Lipinski definition) is 2. The molecule has 0 saturated heterocycles. The number of nitrogens with zero attached hydrogens (tertiary/aromatic N) is 2. The minimum absolute atomic E-state index is 0.125. The highest BCUT2D eigenvalue weighted by Gasteiger charge is 2.14. The van der Waals surface area contributed by atoms with Gasteiger partial charge in [-0.2, -0.15) is 0 Å². The lowest BCUT2D eigenvalue weighted by Crippen LogP contribution is -2.41. The summed E-state index contributed by atoms with van der Waals surface area (Å²) >= 11 is 1.43. The molecule has 2 amide bonds. The summed E-state index contributed by atoms with van der Waals surface area (Å²) in [5.74, 6) is 0.142. The molecule has 0 bridgehead atoms. The molecule has 0 atom stereocenters. The van der Waals surface area contributed by atoms with E-state index in [-0.39, 0.29) is 18.2 Å². The molecule has 1 aromatic carbocycles. The smallest absolute Gasteiger partial charge is 0.279 e. The van der Waals surface area contributed by atoms with E-state index >= 15 is 0 Å². The highest BCUT2D eigenvalue weighted by molar-refractivity contribution is 7.14. The lowest BCUT2D eigenvalue weighted by Gasteiger charge is -2.05. The van der Waals surface area contributed by atoms with Gasteiger partial charge in [0.15, 0.2) is 0 Å². The molecule has 140 valence electrons. The number of amides is 2. The fraction of sp³-hybridized carbons (Fsp3) is 0.263. The third-order valence-corrected chi connectivity index (χ3v) is 5.31. The predicted molar refractivity (Wildman–Crippen MR) is 102 cm³/mol. The first-order chi connectivity index (χ1) is 13.1. The highest BCUT2D eigenvalue weighted by Crippen LogP contribution is 2.22. The fourth-order valence-electron chi connectivity index (χ4n) is 2.51. The van der Waals surface area contributed by atoms with Crippen molar-refractivity contribution < 1.29 is 14.0 Å². The molecular formula is C19H20N4O3S. The molecule has 2 N–H and O–H groups in total. The van der Waals surface area contributed by atoms with Gasteiger partial charge >= 0.3 is 0 Å². The maximum absolute atomic E-state index is 12.1. The summed E-state index contributed by atoms with van der Waals surface area (Å²) in [6, 6.07) is 11.2. The summed E-state index contributed by atoms with van der Waals surface area (Å²) in [7, 11) is 0. The van der Waals surface area contributed by atoms with Crippen LogP contribution in [0.2, 0.25) is 0 Å². The van der Waals surface area contributed by atoms with E-state index < -0.39 is 0 Å². The van der Waals surface area contributed by atoms with Crippen LogP contribution in [-0.4, -0.2) is 22.0 Å². The molecule has 8 heteroatoms. The van der Waals surface area contributed by atoms with Gasteiger partial charge < -0.3 is 4.42 Å². The maximum atomic E-state index is 12.1. The minimum Gasteiger partial charge on any atom is -0.421 e. The molecule has 0 aliphatic heterocycles. The van der Waals surface area contributed by atoms with Gasteiger partial charge in [-0.3, -0.25) is 20.4 Å². The molecule has 2 aromatic heterocycles. The van der Waals surface area contributed by atoms with Crippen LogP contribution in [0.3, 0.4) is 0 Å². The number of hydrogen-bond acceptors (Lipinski definition) is 6. The lowest BCUT2D eigenvalue weighted by atomic mass is 10.2. The Morgan fingerprint density at radius 1 is 1.15 bits per heavy atom. The van der Waals surface area contributed by atoms with E-state index in [1.165, 1.54) is 11.3 Å². The van der Waals surface area contributed by atoms with Crippen LogP contribution in [-0.2, 0) is 17.6 Å². The van der Waals surface area contributed by atoms with Gasteiger partial charge in [0, 0.05) is 23.3 Å². The lowest BCUT2D eigenvalue weighted by molar-refractivity contribution is -0.121. The topological polar surface area (TPSA) is 97.1 Å². The first kappa shape index (κ1) is 18.8. The molecule has 0 saturated carbocycles. The number of rotatable bonds is 6. The molecule has 7 nitrogen and oxygen atoms in total. The number of thiophene rings is 1. The van der Waals surface area contributed by atoms with Gasteiger partial charge in [0.05, 0.1) is 4.88 Å². The zero-order chi connectivity index (χ0) is 19.2. The van der Waals surface area contributed by atoms with Crippen molar-refractivity contribution in [1.82, 2.24) is 21.0 Å².